The summed E-state index contributed by atoms with van der Waals surface area (Å²) in [7, 11) is -2.73. The third-order valence-electron chi connectivity index (χ3n) is 4.53. The molecule has 3 nitrogen and oxygen atoms in total. The lowest BCUT2D eigenvalue weighted by Gasteiger charge is -2.43. The Hall–Kier alpha value is -0.0900. The highest BCUT2D eigenvalue weighted by atomic mass is 32.2. The molecular weight excluding hydrogens is 222 g/mol. The molecule has 4 heteroatoms. The van der Waals surface area contributed by atoms with Crippen LogP contribution in [0, 0.1) is 11.8 Å². The van der Waals surface area contributed by atoms with Gasteiger partial charge < -0.3 is 5.32 Å². The van der Waals surface area contributed by atoms with E-state index in [9.17, 15) is 8.42 Å². The van der Waals surface area contributed by atoms with Crippen molar-refractivity contribution in [3.05, 3.63) is 0 Å². The Morgan fingerprint density at radius 1 is 1.25 bits per heavy atom. The maximum absolute atomic E-state index is 11.5. The van der Waals surface area contributed by atoms with Crippen molar-refractivity contribution >= 4 is 9.84 Å². The molecule has 1 unspecified atom stereocenters. The molecule has 2 aliphatic rings. The van der Waals surface area contributed by atoms with Gasteiger partial charge in [-0.3, -0.25) is 0 Å². The number of rotatable bonds is 2. The van der Waals surface area contributed by atoms with E-state index in [-0.39, 0.29) is 5.54 Å². The van der Waals surface area contributed by atoms with E-state index >= 15 is 0 Å². The van der Waals surface area contributed by atoms with Crippen LogP contribution >= 0.6 is 0 Å². The highest BCUT2D eigenvalue weighted by Gasteiger charge is 2.45. The van der Waals surface area contributed by atoms with Crippen LogP contribution < -0.4 is 5.32 Å². The molecule has 1 atom stereocenters. The van der Waals surface area contributed by atoms with E-state index in [4.69, 9.17) is 0 Å². The van der Waals surface area contributed by atoms with Crippen LogP contribution in [0.15, 0.2) is 0 Å². The van der Waals surface area contributed by atoms with Gasteiger partial charge in [0, 0.05) is 5.54 Å². The molecule has 1 N–H and O–H groups in total. The summed E-state index contributed by atoms with van der Waals surface area (Å²) in [6.45, 7) is 5.63. The van der Waals surface area contributed by atoms with Crippen LogP contribution in [0.2, 0.25) is 0 Å². The third kappa shape index (κ3) is 2.14. The molecule has 0 aliphatic carbocycles. The van der Waals surface area contributed by atoms with Crippen molar-refractivity contribution in [3.8, 4) is 0 Å². The molecule has 2 rings (SSSR count). The standard InChI is InChI=1S/C12H23NO2S/c1-10(2)12(6-3-7-13-12)11-4-8-16(14,15)9-5-11/h10-11,13H,3-9H2,1-2H3. The van der Waals surface area contributed by atoms with E-state index in [1.165, 1.54) is 12.8 Å². The van der Waals surface area contributed by atoms with Gasteiger partial charge in [-0.2, -0.15) is 0 Å². The average molecular weight is 245 g/mol. The molecule has 0 bridgehead atoms. The first-order chi connectivity index (χ1) is 7.46. The van der Waals surface area contributed by atoms with Crippen molar-refractivity contribution in [2.75, 3.05) is 18.1 Å². The Balaban J connectivity index is 2.11. The predicted octanol–water partition coefficient (Wildman–Crippen LogP) is 1.59. The van der Waals surface area contributed by atoms with Crippen molar-refractivity contribution < 1.29 is 8.42 Å². The lowest BCUT2D eigenvalue weighted by Crippen LogP contribution is -2.53. The van der Waals surface area contributed by atoms with Gasteiger partial charge >= 0.3 is 0 Å². The minimum Gasteiger partial charge on any atom is -0.311 e. The molecule has 2 saturated heterocycles. The summed E-state index contributed by atoms with van der Waals surface area (Å²) < 4.78 is 22.9. The molecule has 0 aromatic rings. The summed E-state index contributed by atoms with van der Waals surface area (Å²) in [6, 6.07) is 0. The molecule has 2 heterocycles. The van der Waals surface area contributed by atoms with Gasteiger partial charge in [0.15, 0.2) is 0 Å². The molecule has 0 aromatic carbocycles. The first-order valence-electron chi connectivity index (χ1n) is 6.42. The van der Waals surface area contributed by atoms with Crippen molar-refractivity contribution in [2.24, 2.45) is 11.8 Å². The Labute approximate surface area is 98.9 Å². The Kier molecular flexibility index (Phi) is 3.32. The topological polar surface area (TPSA) is 46.2 Å². The second-order valence-corrected chi connectivity index (χ2v) is 7.96. The summed E-state index contributed by atoms with van der Waals surface area (Å²) in [5.74, 6) is 1.95. The highest BCUT2D eigenvalue weighted by molar-refractivity contribution is 7.91. The van der Waals surface area contributed by atoms with Crippen LogP contribution in [-0.2, 0) is 9.84 Å². The van der Waals surface area contributed by atoms with E-state index < -0.39 is 9.84 Å². The largest absolute Gasteiger partial charge is 0.311 e. The average Bonchev–Trinajstić information content (AvgIpc) is 2.67. The van der Waals surface area contributed by atoms with Gasteiger partial charge in [-0.15, -0.1) is 0 Å². The van der Waals surface area contributed by atoms with Crippen molar-refractivity contribution in [2.45, 2.75) is 45.1 Å². The van der Waals surface area contributed by atoms with Crippen LogP contribution in [0.1, 0.15) is 39.5 Å². The van der Waals surface area contributed by atoms with Crippen LogP contribution in [-0.4, -0.2) is 32.0 Å². The fourth-order valence-electron chi connectivity index (χ4n) is 3.51. The van der Waals surface area contributed by atoms with E-state index in [0.29, 0.717) is 23.3 Å². The van der Waals surface area contributed by atoms with E-state index in [2.05, 4.69) is 19.2 Å². The smallest absolute Gasteiger partial charge is 0.150 e. The van der Waals surface area contributed by atoms with Crippen molar-refractivity contribution in [1.29, 1.82) is 0 Å². The maximum atomic E-state index is 11.5. The van der Waals surface area contributed by atoms with Gasteiger partial charge in [0.05, 0.1) is 11.5 Å². The zero-order valence-electron chi connectivity index (χ0n) is 10.3. The molecule has 0 spiro atoms. The zero-order valence-corrected chi connectivity index (χ0v) is 11.1. The van der Waals surface area contributed by atoms with Crippen LogP contribution in [0.25, 0.3) is 0 Å². The lowest BCUT2D eigenvalue weighted by molar-refractivity contribution is 0.155. The lowest BCUT2D eigenvalue weighted by atomic mass is 9.72. The Bertz CT molecular complexity index is 328. The maximum Gasteiger partial charge on any atom is 0.150 e. The van der Waals surface area contributed by atoms with Gasteiger partial charge in [0.1, 0.15) is 9.84 Å². The Morgan fingerprint density at radius 3 is 2.31 bits per heavy atom. The SMILES string of the molecule is CC(C)C1(C2CCS(=O)(=O)CC2)CCCN1. The monoisotopic (exact) mass is 245 g/mol. The molecule has 0 saturated carbocycles. The molecule has 16 heavy (non-hydrogen) atoms. The van der Waals surface area contributed by atoms with Gasteiger partial charge in [-0.1, -0.05) is 13.8 Å². The summed E-state index contributed by atoms with van der Waals surface area (Å²) in [6.07, 6.45) is 4.16. The van der Waals surface area contributed by atoms with Crippen LogP contribution in [0.3, 0.4) is 0 Å². The number of hydrogen-bond acceptors (Lipinski definition) is 3. The van der Waals surface area contributed by atoms with E-state index in [1.54, 1.807) is 0 Å². The fourth-order valence-corrected chi connectivity index (χ4v) is 5.00. The first kappa shape index (κ1) is 12.4. The number of hydrogen-bond donors (Lipinski definition) is 1. The molecular formula is C12H23NO2S. The first-order valence-corrected chi connectivity index (χ1v) is 8.24. The van der Waals surface area contributed by atoms with Crippen molar-refractivity contribution in [1.82, 2.24) is 5.32 Å². The highest BCUT2D eigenvalue weighted by Crippen LogP contribution is 2.40. The zero-order chi connectivity index (χ0) is 11.8. The third-order valence-corrected chi connectivity index (χ3v) is 6.25. The molecule has 94 valence electrons. The minimum absolute atomic E-state index is 0.218. The normalized spacial score (nSPS) is 35.7. The summed E-state index contributed by atoms with van der Waals surface area (Å²) in [5, 5.41) is 3.67. The Morgan fingerprint density at radius 2 is 1.88 bits per heavy atom. The minimum atomic E-state index is -2.73. The van der Waals surface area contributed by atoms with Crippen LogP contribution in [0.5, 0.6) is 0 Å². The second-order valence-electron chi connectivity index (χ2n) is 5.65. The van der Waals surface area contributed by atoms with E-state index in [0.717, 1.165) is 19.4 Å². The summed E-state index contributed by atoms with van der Waals surface area (Å²) in [5.41, 5.74) is 0.218. The number of sulfone groups is 1. The molecule has 2 fully saturated rings. The van der Waals surface area contributed by atoms with Gasteiger partial charge in [-0.25, -0.2) is 8.42 Å². The summed E-state index contributed by atoms with van der Waals surface area (Å²) >= 11 is 0. The predicted molar refractivity (Wildman–Crippen MR) is 66.2 cm³/mol. The molecule has 0 aromatic heterocycles. The number of nitrogens with one attached hydrogen (secondary N) is 1. The summed E-state index contributed by atoms with van der Waals surface area (Å²) in [4.78, 5) is 0. The van der Waals surface area contributed by atoms with Gasteiger partial charge in [0.2, 0.25) is 0 Å². The second kappa shape index (κ2) is 4.30. The molecule has 2 aliphatic heterocycles. The molecule has 0 radical (unpaired) electrons. The van der Waals surface area contributed by atoms with E-state index in [1.807, 2.05) is 0 Å². The fraction of sp³-hybridized carbons (Fsp3) is 1.00. The van der Waals surface area contributed by atoms with Crippen LogP contribution in [0.4, 0.5) is 0 Å². The van der Waals surface area contributed by atoms with Gasteiger partial charge in [-0.05, 0) is 44.1 Å². The van der Waals surface area contributed by atoms with Crippen molar-refractivity contribution in [3.63, 3.8) is 0 Å². The van der Waals surface area contributed by atoms with Gasteiger partial charge in [0.25, 0.3) is 0 Å². The quantitative estimate of drug-likeness (QED) is 0.803. The molecule has 0 amide bonds.